The van der Waals surface area contributed by atoms with Gasteiger partial charge in [0.05, 0.1) is 6.10 Å². The van der Waals surface area contributed by atoms with Gasteiger partial charge in [-0.2, -0.15) is 0 Å². The number of aliphatic hydroxyl groups is 1. The third-order valence-corrected chi connectivity index (χ3v) is 6.59. The maximum absolute atomic E-state index is 13.1. The number of carbonyl (C=O) groups excluding carboxylic acids is 1. The Hall–Kier alpha value is -3.05. The average Bonchev–Trinajstić information content (AvgIpc) is 2.74. The Balaban J connectivity index is 1.83. The number of hydrogen-bond donors (Lipinski definition) is 4. The summed E-state index contributed by atoms with van der Waals surface area (Å²) in [7, 11) is 0. The molecule has 2 aromatic rings. The first kappa shape index (κ1) is 20.2. The first-order valence-corrected chi connectivity index (χ1v) is 10.2. The topological polar surface area (TPSA) is 98.0 Å². The first-order chi connectivity index (χ1) is 14.3. The van der Waals surface area contributed by atoms with Crippen LogP contribution in [0.3, 0.4) is 0 Å². The molecular formula is C25H26O5. The predicted octanol–water partition coefficient (Wildman–Crippen LogP) is 4.25. The Morgan fingerprint density at radius 3 is 2.53 bits per heavy atom. The van der Waals surface area contributed by atoms with E-state index in [2.05, 4.69) is 0 Å². The lowest BCUT2D eigenvalue weighted by Gasteiger charge is -2.48. The maximum atomic E-state index is 13.1. The minimum atomic E-state index is -0.614. The smallest absolute Gasteiger partial charge is 0.200 e. The number of carbonyl (C=O) groups is 1. The van der Waals surface area contributed by atoms with Gasteiger partial charge < -0.3 is 20.4 Å². The molecule has 156 valence electrons. The number of aliphatic hydroxyl groups excluding tert-OH is 1. The number of fused-ring (bicyclic) bond motifs is 1. The van der Waals surface area contributed by atoms with Crippen LogP contribution in [0.15, 0.2) is 59.2 Å². The van der Waals surface area contributed by atoms with E-state index in [9.17, 15) is 25.2 Å². The summed E-state index contributed by atoms with van der Waals surface area (Å²) in [6, 6.07) is 12.7. The van der Waals surface area contributed by atoms with Gasteiger partial charge in [-0.1, -0.05) is 35.9 Å². The third-order valence-electron chi connectivity index (χ3n) is 6.59. The van der Waals surface area contributed by atoms with Crippen LogP contribution >= 0.6 is 0 Å². The lowest BCUT2D eigenvalue weighted by molar-refractivity contribution is -0.113. The molecule has 4 N–H and O–H groups in total. The summed E-state index contributed by atoms with van der Waals surface area (Å²) in [6.45, 7) is 1.82. The minimum Gasteiger partial charge on any atom is -0.504 e. The molecule has 1 fully saturated rings. The number of aromatic hydroxyl groups is 3. The second-order valence-corrected chi connectivity index (χ2v) is 8.38. The molecule has 5 heteroatoms. The van der Waals surface area contributed by atoms with Crippen molar-refractivity contribution in [2.75, 3.05) is 0 Å². The molecule has 0 spiro atoms. The highest BCUT2D eigenvalue weighted by molar-refractivity contribution is 6.12. The predicted molar refractivity (Wildman–Crippen MR) is 114 cm³/mol. The highest BCUT2D eigenvalue weighted by Gasteiger charge is 2.48. The second-order valence-electron chi connectivity index (χ2n) is 8.38. The van der Waals surface area contributed by atoms with Crippen molar-refractivity contribution >= 4 is 11.9 Å². The average molecular weight is 406 g/mol. The number of benzene rings is 2. The van der Waals surface area contributed by atoms with Crippen molar-refractivity contribution in [2.24, 2.45) is 5.41 Å². The van der Waals surface area contributed by atoms with Gasteiger partial charge in [0, 0.05) is 16.6 Å². The van der Waals surface area contributed by atoms with Crippen molar-refractivity contribution in [1.29, 1.82) is 0 Å². The first-order valence-electron chi connectivity index (χ1n) is 10.2. The van der Waals surface area contributed by atoms with Crippen LogP contribution in [0.1, 0.15) is 43.7 Å². The van der Waals surface area contributed by atoms with Gasteiger partial charge in [0.25, 0.3) is 0 Å². The molecule has 0 saturated heterocycles. The second kappa shape index (κ2) is 7.65. The molecule has 0 aliphatic heterocycles. The van der Waals surface area contributed by atoms with Crippen molar-refractivity contribution in [3.63, 3.8) is 0 Å². The number of phenols is 3. The highest BCUT2D eigenvalue weighted by Crippen LogP contribution is 2.53. The van der Waals surface area contributed by atoms with Gasteiger partial charge in [0.1, 0.15) is 0 Å². The molecule has 30 heavy (non-hydrogen) atoms. The van der Waals surface area contributed by atoms with E-state index in [0.29, 0.717) is 30.4 Å². The summed E-state index contributed by atoms with van der Waals surface area (Å²) >= 11 is 0. The molecule has 0 heterocycles. The van der Waals surface area contributed by atoms with E-state index in [0.717, 1.165) is 24.0 Å². The van der Waals surface area contributed by atoms with E-state index in [1.807, 2.05) is 37.3 Å². The number of allylic oxidation sites excluding steroid dienone is 2. The van der Waals surface area contributed by atoms with Crippen molar-refractivity contribution in [3.05, 3.63) is 70.3 Å². The molecule has 5 nitrogen and oxygen atoms in total. The van der Waals surface area contributed by atoms with Crippen LogP contribution in [0.25, 0.3) is 6.08 Å². The van der Waals surface area contributed by atoms with Crippen molar-refractivity contribution in [1.82, 2.24) is 0 Å². The number of phenolic OH excluding ortho intramolecular Hbond substituents is 3. The Bertz CT molecular complexity index is 1050. The fourth-order valence-electron chi connectivity index (χ4n) is 5.03. The molecule has 0 amide bonds. The van der Waals surface area contributed by atoms with E-state index in [1.165, 1.54) is 12.1 Å². The Morgan fingerprint density at radius 2 is 1.80 bits per heavy atom. The van der Waals surface area contributed by atoms with E-state index in [4.69, 9.17) is 0 Å². The molecule has 2 atom stereocenters. The van der Waals surface area contributed by atoms with Crippen LogP contribution in [0.2, 0.25) is 0 Å². The van der Waals surface area contributed by atoms with Gasteiger partial charge in [0.2, 0.25) is 5.75 Å². The van der Waals surface area contributed by atoms with Gasteiger partial charge >= 0.3 is 0 Å². The SMILES string of the molecule is CC1=C2CCC[C@H](O)[C@@]2(Cc2ccccc2)C/C(=C\c2ccc(O)c(O)c2O)C1=O. The Labute approximate surface area is 175 Å². The zero-order valence-corrected chi connectivity index (χ0v) is 16.9. The van der Waals surface area contributed by atoms with Crippen LogP contribution in [0, 0.1) is 5.41 Å². The maximum Gasteiger partial charge on any atom is 0.200 e. The fourth-order valence-corrected chi connectivity index (χ4v) is 5.03. The van der Waals surface area contributed by atoms with E-state index < -0.39 is 28.8 Å². The molecule has 0 aromatic heterocycles. The lowest BCUT2D eigenvalue weighted by Crippen LogP contribution is -2.46. The van der Waals surface area contributed by atoms with Crippen molar-refractivity contribution in [3.8, 4) is 17.2 Å². The Kier molecular flexibility index (Phi) is 5.16. The van der Waals surface area contributed by atoms with Crippen LogP contribution in [0.5, 0.6) is 17.2 Å². The quantitative estimate of drug-likeness (QED) is 0.451. The van der Waals surface area contributed by atoms with Gasteiger partial charge in [-0.05, 0) is 68.4 Å². The van der Waals surface area contributed by atoms with Crippen molar-refractivity contribution in [2.45, 2.75) is 45.1 Å². The molecule has 2 aliphatic carbocycles. The van der Waals surface area contributed by atoms with Crippen LogP contribution in [0.4, 0.5) is 0 Å². The standard InChI is InChI=1S/C25H26O5/c1-15-19-8-5-9-21(27)25(19,13-16-6-3-2-4-7-16)14-18(22(15)28)12-17-10-11-20(26)24(30)23(17)29/h2-4,6-7,10-12,21,26-27,29-30H,5,8-9,13-14H2,1H3/b18-12+/t21-,25-/m0/s1. The van der Waals surface area contributed by atoms with Gasteiger partial charge in [0.15, 0.2) is 17.3 Å². The van der Waals surface area contributed by atoms with E-state index in [1.54, 1.807) is 6.08 Å². The molecule has 4 rings (SSSR count). The van der Waals surface area contributed by atoms with Gasteiger partial charge in [-0.25, -0.2) is 0 Å². The number of ketones is 1. The summed E-state index contributed by atoms with van der Waals surface area (Å²) in [6.07, 6.45) is 4.29. The largest absolute Gasteiger partial charge is 0.504 e. The molecule has 0 unspecified atom stereocenters. The molecule has 2 aliphatic rings. The summed E-state index contributed by atoms with van der Waals surface area (Å²) in [5.74, 6) is -1.61. The molecule has 0 radical (unpaired) electrons. The fraction of sp³-hybridized carbons (Fsp3) is 0.320. The lowest BCUT2D eigenvalue weighted by atomic mass is 9.57. The van der Waals surface area contributed by atoms with Gasteiger partial charge in [-0.15, -0.1) is 0 Å². The normalized spacial score (nSPS) is 25.5. The molecular weight excluding hydrogens is 380 g/mol. The zero-order chi connectivity index (χ0) is 21.5. The summed E-state index contributed by atoms with van der Waals surface area (Å²) in [4.78, 5) is 13.1. The van der Waals surface area contributed by atoms with E-state index >= 15 is 0 Å². The Morgan fingerprint density at radius 1 is 1.07 bits per heavy atom. The summed E-state index contributed by atoms with van der Waals surface area (Å²) in [5.41, 5.74) is 2.95. The monoisotopic (exact) mass is 406 g/mol. The minimum absolute atomic E-state index is 0.102. The number of rotatable bonds is 3. The van der Waals surface area contributed by atoms with Gasteiger partial charge in [-0.3, -0.25) is 4.79 Å². The van der Waals surface area contributed by atoms with Crippen LogP contribution in [-0.2, 0) is 11.2 Å². The number of Topliss-reactive ketones (excluding diaryl/α,β-unsaturated/α-hetero) is 1. The highest BCUT2D eigenvalue weighted by atomic mass is 16.3. The third kappa shape index (κ3) is 3.29. The van der Waals surface area contributed by atoms with Crippen molar-refractivity contribution < 1.29 is 25.2 Å². The molecule has 1 saturated carbocycles. The summed E-state index contributed by atoms with van der Waals surface area (Å²) in [5, 5.41) is 40.8. The van der Waals surface area contributed by atoms with Crippen LogP contribution < -0.4 is 0 Å². The summed E-state index contributed by atoms with van der Waals surface area (Å²) < 4.78 is 0. The molecule has 0 bridgehead atoms. The number of hydrogen-bond acceptors (Lipinski definition) is 5. The van der Waals surface area contributed by atoms with Crippen LogP contribution in [-0.4, -0.2) is 32.3 Å². The molecule has 2 aromatic carbocycles. The van der Waals surface area contributed by atoms with E-state index in [-0.39, 0.29) is 11.3 Å². The zero-order valence-electron chi connectivity index (χ0n) is 16.9.